The number of anilines is 1. The third-order valence-electron chi connectivity index (χ3n) is 5.05. The van der Waals surface area contributed by atoms with Gasteiger partial charge >= 0.3 is 6.03 Å². The van der Waals surface area contributed by atoms with E-state index >= 15 is 0 Å². The number of carbonyl (C=O) groups excluding carboxylic acids is 1. The minimum Gasteiger partial charge on any atom is -0.383 e. The van der Waals surface area contributed by atoms with Gasteiger partial charge in [-0.1, -0.05) is 23.2 Å². The Kier molecular flexibility index (Phi) is 5.89. The van der Waals surface area contributed by atoms with Crippen molar-refractivity contribution in [1.29, 1.82) is 0 Å². The molecule has 3 aromatic rings. The predicted octanol–water partition coefficient (Wildman–Crippen LogP) is 4.41. The number of hydrogen-bond donors (Lipinski definition) is 1. The molecule has 0 spiro atoms. The molecule has 0 aliphatic carbocycles. The number of urea groups is 1. The van der Waals surface area contributed by atoms with Gasteiger partial charge in [-0.3, -0.25) is 4.98 Å². The van der Waals surface area contributed by atoms with Crippen LogP contribution in [-0.4, -0.2) is 52.3 Å². The van der Waals surface area contributed by atoms with Gasteiger partial charge in [0.05, 0.1) is 23.8 Å². The van der Waals surface area contributed by atoms with Gasteiger partial charge in [-0.15, -0.1) is 0 Å². The molecule has 152 valence electrons. The van der Waals surface area contributed by atoms with Gasteiger partial charge in [0.1, 0.15) is 5.82 Å². The number of imidazole rings is 1. The number of methoxy groups -OCH3 is 1. The van der Waals surface area contributed by atoms with E-state index in [0.29, 0.717) is 42.0 Å². The van der Waals surface area contributed by atoms with Crippen molar-refractivity contribution >= 4 is 46.0 Å². The number of nitrogens with zero attached hydrogens (tertiary/aromatic N) is 4. The second-order valence-electron chi connectivity index (χ2n) is 7.00. The van der Waals surface area contributed by atoms with Crippen molar-refractivity contribution < 1.29 is 9.53 Å². The summed E-state index contributed by atoms with van der Waals surface area (Å²) in [5.74, 6) is 1.11. The molecular formula is C20H21Cl2N5O2. The predicted molar refractivity (Wildman–Crippen MR) is 114 cm³/mol. The minimum atomic E-state index is -0.174. The fraction of sp³-hybridized carbons (Fsp3) is 0.350. The first kappa shape index (κ1) is 19.9. The number of halogens is 2. The van der Waals surface area contributed by atoms with Gasteiger partial charge in [0.15, 0.2) is 0 Å². The van der Waals surface area contributed by atoms with Crippen LogP contribution in [0.4, 0.5) is 10.5 Å². The fourth-order valence-electron chi connectivity index (χ4n) is 3.70. The maximum absolute atomic E-state index is 12.7. The molecule has 1 aliphatic heterocycles. The van der Waals surface area contributed by atoms with E-state index in [4.69, 9.17) is 32.9 Å². The third kappa shape index (κ3) is 4.32. The molecule has 0 unspecified atom stereocenters. The summed E-state index contributed by atoms with van der Waals surface area (Å²) in [5, 5.41) is 3.83. The summed E-state index contributed by atoms with van der Waals surface area (Å²) in [5.41, 5.74) is 2.47. The molecular weight excluding hydrogens is 413 g/mol. The van der Waals surface area contributed by atoms with Gasteiger partial charge in [-0.05, 0) is 30.7 Å². The highest BCUT2D eigenvalue weighted by atomic mass is 35.5. The van der Waals surface area contributed by atoms with E-state index in [1.165, 1.54) is 0 Å². The minimum absolute atomic E-state index is 0.146. The lowest BCUT2D eigenvalue weighted by atomic mass is 10.1. The number of pyridine rings is 1. The molecule has 1 fully saturated rings. The molecule has 1 saturated heterocycles. The van der Waals surface area contributed by atoms with Crippen molar-refractivity contribution in [3.63, 3.8) is 0 Å². The maximum Gasteiger partial charge on any atom is 0.321 e. The summed E-state index contributed by atoms with van der Waals surface area (Å²) in [6.45, 7) is 2.51. The molecule has 29 heavy (non-hydrogen) atoms. The Hall–Kier alpha value is -2.35. The number of rotatable bonds is 5. The van der Waals surface area contributed by atoms with Crippen molar-refractivity contribution in [2.75, 3.05) is 32.1 Å². The second kappa shape index (κ2) is 8.57. The van der Waals surface area contributed by atoms with Crippen LogP contribution >= 0.6 is 23.2 Å². The van der Waals surface area contributed by atoms with Gasteiger partial charge in [0.25, 0.3) is 0 Å². The summed E-state index contributed by atoms with van der Waals surface area (Å²) in [6.07, 6.45) is 4.40. The van der Waals surface area contributed by atoms with E-state index in [9.17, 15) is 4.79 Å². The van der Waals surface area contributed by atoms with E-state index in [-0.39, 0.29) is 11.9 Å². The molecule has 7 nitrogen and oxygen atoms in total. The first-order valence-electron chi connectivity index (χ1n) is 9.36. The lowest BCUT2D eigenvalue weighted by Gasteiger charge is -2.18. The summed E-state index contributed by atoms with van der Waals surface area (Å²) >= 11 is 12.0. The van der Waals surface area contributed by atoms with Crippen LogP contribution in [0, 0.1) is 0 Å². The van der Waals surface area contributed by atoms with E-state index in [1.54, 1.807) is 36.4 Å². The van der Waals surface area contributed by atoms with Crippen molar-refractivity contribution in [1.82, 2.24) is 19.4 Å². The van der Waals surface area contributed by atoms with E-state index in [1.807, 2.05) is 12.3 Å². The first-order valence-corrected chi connectivity index (χ1v) is 10.1. The van der Waals surface area contributed by atoms with Crippen LogP contribution in [0.1, 0.15) is 18.2 Å². The molecule has 2 amide bonds. The Morgan fingerprint density at radius 2 is 2.10 bits per heavy atom. The van der Waals surface area contributed by atoms with Gasteiger partial charge in [0, 0.05) is 54.6 Å². The van der Waals surface area contributed by atoms with Gasteiger partial charge in [-0.2, -0.15) is 0 Å². The number of aromatic nitrogens is 3. The SMILES string of the molecule is COCCn1c([C@H]2CCN(C(=O)Nc3cc(Cl)cc(Cl)c3)C2)nc2ccncc21. The fourth-order valence-corrected chi connectivity index (χ4v) is 4.23. The summed E-state index contributed by atoms with van der Waals surface area (Å²) < 4.78 is 7.41. The lowest BCUT2D eigenvalue weighted by molar-refractivity contribution is 0.187. The van der Waals surface area contributed by atoms with Crippen LogP contribution in [0.2, 0.25) is 10.0 Å². The van der Waals surface area contributed by atoms with Gasteiger partial charge < -0.3 is 19.5 Å². The molecule has 2 aromatic heterocycles. The molecule has 9 heteroatoms. The Bertz CT molecular complexity index is 1020. The number of hydrogen-bond acceptors (Lipinski definition) is 4. The number of benzene rings is 1. The zero-order chi connectivity index (χ0) is 20.4. The van der Waals surface area contributed by atoms with E-state index in [0.717, 1.165) is 23.3 Å². The third-order valence-corrected chi connectivity index (χ3v) is 5.49. The summed E-state index contributed by atoms with van der Waals surface area (Å²) in [6, 6.07) is 6.72. The molecule has 1 aromatic carbocycles. The van der Waals surface area contributed by atoms with Crippen molar-refractivity contribution in [3.8, 4) is 0 Å². The Balaban J connectivity index is 1.51. The summed E-state index contributed by atoms with van der Waals surface area (Å²) in [4.78, 5) is 23.6. The van der Waals surface area contributed by atoms with Crippen LogP contribution in [-0.2, 0) is 11.3 Å². The molecule has 1 aliphatic rings. The van der Waals surface area contributed by atoms with Crippen molar-refractivity contribution in [2.45, 2.75) is 18.9 Å². The van der Waals surface area contributed by atoms with E-state index < -0.39 is 0 Å². The van der Waals surface area contributed by atoms with Crippen molar-refractivity contribution in [2.24, 2.45) is 0 Å². The topological polar surface area (TPSA) is 72.3 Å². The largest absolute Gasteiger partial charge is 0.383 e. The molecule has 0 saturated carbocycles. The zero-order valence-corrected chi connectivity index (χ0v) is 17.5. The van der Waals surface area contributed by atoms with Crippen LogP contribution < -0.4 is 5.32 Å². The number of nitrogens with one attached hydrogen (secondary N) is 1. The number of carbonyl (C=O) groups is 1. The number of ether oxygens (including phenoxy) is 1. The molecule has 1 atom stereocenters. The Morgan fingerprint density at radius 3 is 2.86 bits per heavy atom. The first-order chi connectivity index (χ1) is 14.0. The number of likely N-dealkylation sites (tertiary alicyclic amines) is 1. The molecule has 3 heterocycles. The quantitative estimate of drug-likeness (QED) is 0.646. The average Bonchev–Trinajstić information content (AvgIpc) is 3.30. The zero-order valence-electron chi connectivity index (χ0n) is 15.9. The molecule has 4 rings (SSSR count). The highest BCUT2D eigenvalue weighted by molar-refractivity contribution is 6.35. The number of fused-ring (bicyclic) bond motifs is 1. The standard InChI is InChI=1S/C20H21Cl2N5O2/c1-29-7-6-27-18-11-23-4-2-17(18)25-19(27)13-3-5-26(12-13)20(28)24-16-9-14(21)8-15(22)10-16/h2,4,8-11,13H,3,5-7,12H2,1H3,(H,24,28)/t13-/m0/s1. The van der Waals surface area contributed by atoms with Crippen LogP contribution in [0.5, 0.6) is 0 Å². The highest BCUT2D eigenvalue weighted by Gasteiger charge is 2.31. The lowest BCUT2D eigenvalue weighted by Crippen LogP contribution is -2.33. The van der Waals surface area contributed by atoms with Gasteiger partial charge in [-0.25, -0.2) is 9.78 Å². The Morgan fingerprint density at radius 1 is 1.31 bits per heavy atom. The van der Waals surface area contributed by atoms with Crippen LogP contribution in [0.25, 0.3) is 11.0 Å². The summed E-state index contributed by atoms with van der Waals surface area (Å²) in [7, 11) is 1.68. The monoisotopic (exact) mass is 433 g/mol. The maximum atomic E-state index is 12.7. The molecule has 0 radical (unpaired) electrons. The highest BCUT2D eigenvalue weighted by Crippen LogP contribution is 2.30. The van der Waals surface area contributed by atoms with Crippen LogP contribution in [0.3, 0.4) is 0 Å². The van der Waals surface area contributed by atoms with E-state index in [2.05, 4.69) is 14.9 Å². The van der Waals surface area contributed by atoms with Crippen LogP contribution in [0.15, 0.2) is 36.7 Å². The molecule has 1 N–H and O–H groups in total. The Labute approximate surface area is 178 Å². The van der Waals surface area contributed by atoms with Gasteiger partial charge in [0.2, 0.25) is 0 Å². The molecule has 0 bridgehead atoms. The smallest absolute Gasteiger partial charge is 0.321 e. The second-order valence-corrected chi connectivity index (χ2v) is 7.87. The number of amides is 2. The normalized spacial score (nSPS) is 16.5. The average molecular weight is 434 g/mol. The van der Waals surface area contributed by atoms with Crippen molar-refractivity contribution in [3.05, 3.63) is 52.5 Å².